The van der Waals surface area contributed by atoms with Gasteiger partial charge < -0.3 is 15.4 Å². The van der Waals surface area contributed by atoms with Gasteiger partial charge in [0, 0.05) is 35.3 Å². The smallest absolute Gasteiger partial charge is 0.113 e. The Kier molecular flexibility index (Phi) is 4.35. The first kappa shape index (κ1) is 13.5. The van der Waals surface area contributed by atoms with E-state index in [9.17, 15) is 5.21 Å². The molecule has 1 unspecified atom stereocenters. The minimum atomic E-state index is 0.174. The molecule has 4 heteroatoms. The molecule has 2 N–H and O–H groups in total. The van der Waals surface area contributed by atoms with Crippen molar-refractivity contribution < 1.29 is 10.2 Å². The monoisotopic (exact) mass is 265 g/mol. The van der Waals surface area contributed by atoms with E-state index in [1.807, 2.05) is 13.0 Å². The standard InChI is InChI=1S/C14H19NO2S/c1-3-11-8-13(10(2)15(17)9-11)14-5-4-12(18-14)6-7-16/h4-5,8,15-16H,3,6-7,9H2,1-2H3. The second-order valence-electron chi connectivity index (χ2n) is 4.53. The molecule has 0 fully saturated rings. The van der Waals surface area contributed by atoms with E-state index in [2.05, 4.69) is 19.1 Å². The topological polar surface area (TPSA) is 47.7 Å². The van der Waals surface area contributed by atoms with Crippen LogP contribution in [-0.2, 0) is 6.42 Å². The Labute approximate surface area is 112 Å². The van der Waals surface area contributed by atoms with Gasteiger partial charge in [0.25, 0.3) is 0 Å². The van der Waals surface area contributed by atoms with E-state index >= 15 is 0 Å². The van der Waals surface area contributed by atoms with E-state index in [1.165, 1.54) is 5.57 Å². The van der Waals surface area contributed by atoms with Crippen molar-refractivity contribution in [3.63, 3.8) is 0 Å². The van der Waals surface area contributed by atoms with Crippen LogP contribution in [0.2, 0.25) is 0 Å². The van der Waals surface area contributed by atoms with Gasteiger partial charge in [0.2, 0.25) is 0 Å². The maximum atomic E-state index is 11.9. The van der Waals surface area contributed by atoms with Gasteiger partial charge in [-0.05, 0) is 30.2 Å². The Morgan fingerprint density at radius 2 is 2.22 bits per heavy atom. The van der Waals surface area contributed by atoms with Crippen LogP contribution < -0.4 is 5.06 Å². The third-order valence-corrected chi connectivity index (χ3v) is 4.48. The predicted octanol–water partition coefficient (Wildman–Crippen LogP) is 1.75. The average Bonchev–Trinajstić information content (AvgIpc) is 2.81. The Hall–Kier alpha value is -0.940. The van der Waals surface area contributed by atoms with Crippen LogP contribution in [0.25, 0.3) is 5.57 Å². The van der Waals surface area contributed by atoms with Gasteiger partial charge in [0.15, 0.2) is 0 Å². The normalized spacial score (nSPS) is 20.2. The fourth-order valence-electron chi connectivity index (χ4n) is 2.10. The second kappa shape index (κ2) is 5.80. The average molecular weight is 265 g/mol. The molecule has 0 amide bonds. The number of aliphatic hydroxyl groups excluding tert-OH is 1. The summed E-state index contributed by atoms with van der Waals surface area (Å²) in [5.74, 6) is 0. The number of nitrogens with one attached hydrogen (secondary N) is 1. The van der Waals surface area contributed by atoms with Crippen LogP contribution in [0.4, 0.5) is 0 Å². The van der Waals surface area contributed by atoms with E-state index in [1.54, 1.807) is 11.3 Å². The summed E-state index contributed by atoms with van der Waals surface area (Å²) in [6.07, 6.45) is 3.78. The van der Waals surface area contributed by atoms with Gasteiger partial charge in [-0.15, -0.1) is 11.3 Å². The van der Waals surface area contributed by atoms with Crippen molar-refractivity contribution in [1.82, 2.24) is 0 Å². The Morgan fingerprint density at radius 1 is 1.44 bits per heavy atom. The zero-order valence-electron chi connectivity index (χ0n) is 10.8. The SMILES string of the molecule is CCC1=CC(c2ccc(CCO)s2)=C(C)[NH+]([O-])C1. The van der Waals surface area contributed by atoms with Gasteiger partial charge in [-0.3, -0.25) is 0 Å². The highest BCUT2D eigenvalue weighted by atomic mass is 32.1. The van der Waals surface area contributed by atoms with E-state index in [-0.39, 0.29) is 11.7 Å². The second-order valence-corrected chi connectivity index (χ2v) is 5.70. The molecule has 0 aliphatic carbocycles. The van der Waals surface area contributed by atoms with Crippen LogP contribution in [0, 0.1) is 5.21 Å². The summed E-state index contributed by atoms with van der Waals surface area (Å²) < 4.78 is 0. The van der Waals surface area contributed by atoms with Crippen LogP contribution >= 0.6 is 11.3 Å². The van der Waals surface area contributed by atoms with Crippen molar-refractivity contribution in [2.24, 2.45) is 0 Å². The highest BCUT2D eigenvalue weighted by Crippen LogP contribution is 2.29. The van der Waals surface area contributed by atoms with Crippen molar-refractivity contribution in [3.8, 4) is 0 Å². The van der Waals surface area contributed by atoms with E-state index in [0.29, 0.717) is 13.0 Å². The predicted molar refractivity (Wildman–Crippen MR) is 75.3 cm³/mol. The van der Waals surface area contributed by atoms with Gasteiger partial charge in [0.05, 0.1) is 0 Å². The number of thiophene rings is 1. The molecule has 1 atom stereocenters. The summed E-state index contributed by atoms with van der Waals surface area (Å²) in [7, 11) is 0. The zero-order chi connectivity index (χ0) is 13.1. The number of rotatable bonds is 4. The number of hydrogen-bond donors (Lipinski definition) is 2. The maximum Gasteiger partial charge on any atom is 0.113 e. The van der Waals surface area contributed by atoms with Crippen molar-refractivity contribution in [2.75, 3.05) is 13.2 Å². The lowest BCUT2D eigenvalue weighted by Crippen LogP contribution is -3.05. The number of hydroxylamine groups is 2. The molecule has 0 saturated heterocycles. The molecule has 1 aromatic heterocycles. The minimum Gasteiger partial charge on any atom is -0.629 e. The number of hydrogen-bond acceptors (Lipinski definition) is 3. The Bertz CT molecular complexity index is 488. The Morgan fingerprint density at radius 3 is 2.89 bits per heavy atom. The van der Waals surface area contributed by atoms with Gasteiger partial charge in [-0.25, -0.2) is 0 Å². The van der Waals surface area contributed by atoms with Crippen LogP contribution in [-0.4, -0.2) is 18.3 Å². The quantitative estimate of drug-likeness (QED) is 0.815. The molecule has 1 aromatic rings. The molecule has 2 rings (SSSR count). The minimum absolute atomic E-state index is 0.174. The first-order chi connectivity index (χ1) is 8.65. The molecule has 3 nitrogen and oxygen atoms in total. The first-order valence-corrected chi connectivity index (χ1v) is 7.10. The molecule has 0 bridgehead atoms. The van der Waals surface area contributed by atoms with Gasteiger partial charge >= 0.3 is 0 Å². The lowest BCUT2D eigenvalue weighted by Gasteiger charge is -2.28. The van der Waals surface area contributed by atoms with Gasteiger partial charge in [0.1, 0.15) is 12.2 Å². The summed E-state index contributed by atoms with van der Waals surface area (Å²) in [4.78, 5) is 2.30. The van der Waals surface area contributed by atoms with Crippen LogP contribution in [0.15, 0.2) is 29.5 Å². The van der Waals surface area contributed by atoms with Crippen LogP contribution in [0.1, 0.15) is 30.0 Å². The summed E-state index contributed by atoms with van der Waals surface area (Å²) in [6, 6.07) is 4.09. The third kappa shape index (κ3) is 2.72. The maximum absolute atomic E-state index is 11.9. The molecule has 18 heavy (non-hydrogen) atoms. The summed E-state index contributed by atoms with van der Waals surface area (Å²) in [5, 5.41) is 21.1. The highest BCUT2D eigenvalue weighted by Gasteiger charge is 2.18. The summed E-state index contributed by atoms with van der Waals surface area (Å²) in [6.45, 7) is 4.74. The lowest BCUT2D eigenvalue weighted by atomic mass is 10.0. The fourth-order valence-corrected chi connectivity index (χ4v) is 3.17. The fraction of sp³-hybridized carbons (Fsp3) is 0.429. The highest BCUT2D eigenvalue weighted by molar-refractivity contribution is 7.13. The molecule has 0 radical (unpaired) electrons. The molecular weight excluding hydrogens is 246 g/mol. The molecule has 98 valence electrons. The van der Waals surface area contributed by atoms with Gasteiger partial charge in [-0.1, -0.05) is 6.92 Å². The van der Waals surface area contributed by atoms with Crippen molar-refractivity contribution >= 4 is 16.9 Å². The molecule has 2 heterocycles. The zero-order valence-corrected chi connectivity index (χ0v) is 11.6. The van der Waals surface area contributed by atoms with Crippen molar-refractivity contribution in [3.05, 3.63) is 44.4 Å². The van der Waals surface area contributed by atoms with Crippen molar-refractivity contribution in [2.45, 2.75) is 26.7 Å². The number of aliphatic hydroxyl groups is 1. The van der Waals surface area contributed by atoms with E-state index in [0.717, 1.165) is 27.4 Å². The van der Waals surface area contributed by atoms with Crippen LogP contribution in [0.5, 0.6) is 0 Å². The molecular formula is C14H19NO2S. The number of allylic oxidation sites excluding steroid dienone is 3. The molecule has 1 aliphatic heterocycles. The molecule has 1 aliphatic rings. The largest absolute Gasteiger partial charge is 0.629 e. The Balaban J connectivity index is 2.34. The molecule has 0 saturated carbocycles. The molecule has 0 aromatic carbocycles. The third-order valence-electron chi connectivity index (χ3n) is 3.30. The first-order valence-electron chi connectivity index (χ1n) is 6.29. The van der Waals surface area contributed by atoms with E-state index in [4.69, 9.17) is 5.11 Å². The molecule has 0 spiro atoms. The van der Waals surface area contributed by atoms with E-state index < -0.39 is 0 Å². The van der Waals surface area contributed by atoms with Crippen LogP contribution in [0.3, 0.4) is 0 Å². The summed E-state index contributed by atoms with van der Waals surface area (Å²) >= 11 is 1.67. The number of quaternary nitrogens is 1. The van der Waals surface area contributed by atoms with Gasteiger partial charge in [-0.2, -0.15) is 0 Å². The lowest BCUT2D eigenvalue weighted by molar-refractivity contribution is -0.800. The van der Waals surface area contributed by atoms with Crippen molar-refractivity contribution in [1.29, 1.82) is 0 Å². The summed E-state index contributed by atoms with van der Waals surface area (Å²) in [5.41, 5.74) is 3.14.